The molecule has 0 radical (unpaired) electrons. The Morgan fingerprint density at radius 3 is 2.33 bits per heavy atom. The van der Waals surface area contributed by atoms with Crippen LogP contribution in [0.1, 0.15) is 22.0 Å². The van der Waals surface area contributed by atoms with Gasteiger partial charge in [0.15, 0.2) is 0 Å². The van der Waals surface area contributed by atoms with Gasteiger partial charge in [0, 0.05) is 0 Å². The van der Waals surface area contributed by atoms with Crippen LogP contribution in [0.4, 0.5) is 0 Å². The van der Waals surface area contributed by atoms with Crippen molar-refractivity contribution in [3.8, 4) is 0 Å². The number of benzene rings is 3. The first-order chi connectivity index (χ1) is 11.7. The molecule has 24 heavy (non-hydrogen) atoms. The predicted molar refractivity (Wildman–Crippen MR) is 90.5 cm³/mol. The molecule has 1 fully saturated rings. The molecule has 0 spiro atoms. The van der Waals surface area contributed by atoms with Gasteiger partial charge in [-0.3, -0.25) is 4.79 Å². The first kappa shape index (κ1) is 14.5. The molecule has 1 heterocycles. The Labute approximate surface area is 139 Å². The largest absolute Gasteiger partial charge is 0.446 e. The summed E-state index contributed by atoms with van der Waals surface area (Å²) in [6, 6.07) is 22.4. The second-order valence-corrected chi connectivity index (χ2v) is 5.78. The van der Waals surface area contributed by atoms with Crippen molar-refractivity contribution >= 4 is 22.6 Å². The maximum absolute atomic E-state index is 12.2. The third-order valence-corrected chi connectivity index (χ3v) is 4.24. The van der Waals surface area contributed by atoms with E-state index in [4.69, 9.17) is 4.74 Å². The number of amides is 1. The highest BCUT2D eigenvalue weighted by Gasteiger charge is 2.43. The summed E-state index contributed by atoms with van der Waals surface area (Å²) in [6.45, 7) is 0. The Balaban J connectivity index is 1.57. The molecule has 0 aliphatic carbocycles. The zero-order valence-corrected chi connectivity index (χ0v) is 12.8. The Hall–Kier alpha value is -3.14. The number of nitrogens with one attached hydrogen (secondary N) is 1. The maximum Gasteiger partial charge on any atom is 0.338 e. The van der Waals surface area contributed by atoms with Crippen LogP contribution < -0.4 is 5.32 Å². The van der Waals surface area contributed by atoms with Gasteiger partial charge in [-0.25, -0.2) is 4.79 Å². The second-order valence-electron chi connectivity index (χ2n) is 5.78. The Kier molecular flexibility index (Phi) is 3.50. The number of esters is 1. The van der Waals surface area contributed by atoms with E-state index in [1.165, 1.54) is 0 Å². The number of β-lactam (4-membered cyclic amide) rings is 1. The lowest BCUT2D eigenvalue weighted by Gasteiger charge is -2.36. The van der Waals surface area contributed by atoms with E-state index >= 15 is 0 Å². The fourth-order valence-corrected chi connectivity index (χ4v) is 2.90. The first-order valence-electron chi connectivity index (χ1n) is 7.77. The van der Waals surface area contributed by atoms with Crippen LogP contribution in [0, 0.1) is 0 Å². The minimum atomic E-state index is -0.793. The lowest BCUT2D eigenvalue weighted by Crippen LogP contribution is -2.57. The maximum atomic E-state index is 12.2. The molecular formula is C20H15NO3. The summed E-state index contributed by atoms with van der Waals surface area (Å²) in [7, 11) is 0. The molecule has 4 nitrogen and oxygen atoms in total. The van der Waals surface area contributed by atoms with Gasteiger partial charge in [-0.05, 0) is 34.5 Å². The normalized spacial score (nSPS) is 19.4. The lowest BCUT2D eigenvalue weighted by atomic mass is 9.92. The molecule has 0 bridgehead atoms. The van der Waals surface area contributed by atoms with Crippen molar-refractivity contribution in [3.05, 3.63) is 83.9 Å². The first-order valence-corrected chi connectivity index (χ1v) is 7.77. The summed E-state index contributed by atoms with van der Waals surface area (Å²) in [4.78, 5) is 24.0. The Morgan fingerprint density at radius 1 is 0.875 bits per heavy atom. The SMILES string of the molecule is O=C(O[C@@H]1C(=O)N[C@H]1c1ccc2ccccc2c1)c1ccccc1. The molecule has 4 heteroatoms. The number of ether oxygens (including phenoxy) is 1. The van der Waals surface area contributed by atoms with Crippen molar-refractivity contribution in [2.75, 3.05) is 0 Å². The fourth-order valence-electron chi connectivity index (χ4n) is 2.90. The summed E-state index contributed by atoms with van der Waals surface area (Å²) in [6.07, 6.45) is -0.793. The molecule has 118 valence electrons. The Bertz CT molecular complexity index is 920. The van der Waals surface area contributed by atoms with E-state index < -0.39 is 12.1 Å². The third-order valence-electron chi connectivity index (χ3n) is 4.24. The van der Waals surface area contributed by atoms with Gasteiger partial charge in [0.05, 0.1) is 5.56 Å². The van der Waals surface area contributed by atoms with Crippen molar-refractivity contribution in [3.63, 3.8) is 0 Å². The summed E-state index contributed by atoms with van der Waals surface area (Å²) in [5.74, 6) is -0.751. The zero-order chi connectivity index (χ0) is 16.5. The number of hydrogen-bond acceptors (Lipinski definition) is 3. The molecule has 3 aromatic carbocycles. The summed E-state index contributed by atoms with van der Waals surface area (Å²) in [5.41, 5.74) is 1.37. The van der Waals surface area contributed by atoms with Crippen LogP contribution in [0.25, 0.3) is 10.8 Å². The predicted octanol–water partition coefficient (Wildman–Crippen LogP) is 3.24. The highest BCUT2D eigenvalue weighted by atomic mass is 16.6. The van der Waals surface area contributed by atoms with Crippen LogP contribution >= 0.6 is 0 Å². The quantitative estimate of drug-likeness (QED) is 0.596. The molecule has 1 aliphatic heterocycles. The van der Waals surface area contributed by atoms with E-state index in [0.717, 1.165) is 16.3 Å². The van der Waals surface area contributed by atoms with Crippen molar-refractivity contribution in [1.82, 2.24) is 5.32 Å². The summed E-state index contributed by atoms with van der Waals surface area (Å²) in [5, 5.41) is 5.03. The highest BCUT2D eigenvalue weighted by Crippen LogP contribution is 2.30. The van der Waals surface area contributed by atoms with Crippen LogP contribution in [-0.2, 0) is 9.53 Å². The topological polar surface area (TPSA) is 55.4 Å². The van der Waals surface area contributed by atoms with E-state index in [-0.39, 0.29) is 11.9 Å². The van der Waals surface area contributed by atoms with Gasteiger partial charge in [0.25, 0.3) is 5.91 Å². The molecule has 1 amide bonds. The smallest absolute Gasteiger partial charge is 0.338 e. The monoisotopic (exact) mass is 317 g/mol. The minimum Gasteiger partial charge on any atom is -0.446 e. The highest BCUT2D eigenvalue weighted by molar-refractivity contribution is 5.95. The van der Waals surface area contributed by atoms with Crippen molar-refractivity contribution in [2.24, 2.45) is 0 Å². The third kappa shape index (κ3) is 2.52. The van der Waals surface area contributed by atoms with E-state index in [0.29, 0.717) is 5.56 Å². The number of carbonyl (C=O) groups excluding carboxylic acids is 2. The average molecular weight is 317 g/mol. The lowest BCUT2D eigenvalue weighted by molar-refractivity contribution is -0.143. The molecule has 1 N–H and O–H groups in total. The van der Waals surface area contributed by atoms with Gasteiger partial charge < -0.3 is 10.1 Å². The van der Waals surface area contributed by atoms with E-state index in [9.17, 15) is 9.59 Å². The minimum absolute atomic E-state index is 0.266. The Morgan fingerprint density at radius 2 is 1.58 bits per heavy atom. The summed E-state index contributed by atoms with van der Waals surface area (Å²) < 4.78 is 5.41. The molecule has 0 aromatic heterocycles. The van der Waals surface area contributed by atoms with Crippen LogP contribution in [0.5, 0.6) is 0 Å². The van der Waals surface area contributed by atoms with Gasteiger partial charge in [0.1, 0.15) is 6.04 Å². The molecule has 1 saturated heterocycles. The van der Waals surface area contributed by atoms with Gasteiger partial charge in [-0.2, -0.15) is 0 Å². The van der Waals surface area contributed by atoms with Gasteiger partial charge in [-0.15, -0.1) is 0 Å². The molecule has 2 atom stereocenters. The van der Waals surface area contributed by atoms with Crippen molar-refractivity contribution < 1.29 is 14.3 Å². The van der Waals surface area contributed by atoms with Crippen molar-refractivity contribution in [2.45, 2.75) is 12.1 Å². The number of rotatable bonds is 3. The molecule has 3 aromatic rings. The molecule has 1 aliphatic rings. The van der Waals surface area contributed by atoms with Gasteiger partial charge >= 0.3 is 5.97 Å². The van der Waals surface area contributed by atoms with Gasteiger partial charge in [0.2, 0.25) is 6.10 Å². The zero-order valence-electron chi connectivity index (χ0n) is 12.8. The van der Waals surface area contributed by atoms with Crippen molar-refractivity contribution in [1.29, 1.82) is 0 Å². The molecule has 0 unspecified atom stereocenters. The fraction of sp³-hybridized carbons (Fsp3) is 0.100. The molecule has 4 rings (SSSR count). The number of fused-ring (bicyclic) bond motifs is 1. The van der Waals surface area contributed by atoms with Crippen LogP contribution in [0.3, 0.4) is 0 Å². The molecular weight excluding hydrogens is 302 g/mol. The van der Waals surface area contributed by atoms with E-state index in [1.54, 1.807) is 24.3 Å². The van der Waals surface area contributed by atoms with Crippen LogP contribution in [-0.4, -0.2) is 18.0 Å². The summed E-state index contributed by atoms with van der Waals surface area (Å²) >= 11 is 0. The van der Waals surface area contributed by atoms with E-state index in [2.05, 4.69) is 5.32 Å². The van der Waals surface area contributed by atoms with Gasteiger partial charge in [-0.1, -0.05) is 54.6 Å². The number of carbonyl (C=O) groups is 2. The average Bonchev–Trinajstić information content (AvgIpc) is 2.64. The van der Waals surface area contributed by atoms with Crippen LogP contribution in [0.2, 0.25) is 0 Å². The second kappa shape index (κ2) is 5.81. The standard InChI is InChI=1S/C20H15NO3/c22-19-18(24-20(23)14-7-2-1-3-8-14)17(21-19)16-11-10-13-6-4-5-9-15(13)12-16/h1-12,17-18H,(H,21,22)/t17-,18-/m0/s1. The van der Waals surface area contributed by atoms with E-state index in [1.807, 2.05) is 48.5 Å². The molecule has 0 saturated carbocycles. The number of hydrogen-bond donors (Lipinski definition) is 1. The van der Waals surface area contributed by atoms with Crippen LogP contribution in [0.15, 0.2) is 72.8 Å².